The Hall–Kier alpha value is -1.31. The third kappa shape index (κ3) is 1.09. The van der Waals surface area contributed by atoms with Crippen molar-refractivity contribution in [3.8, 4) is 0 Å². The van der Waals surface area contributed by atoms with Crippen LogP contribution in [0.25, 0.3) is 10.9 Å². The second-order valence-corrected chi connectivity index (χ2v) is 3.06. The Morgan fingerprint density at radius 3 is 3.00 bits per heavy atom. The molecule has 0 amide bonds. The lowest BCUT2D eigenvalue weighted by molar-refractivity contribution is 1.07. The Kier molecular flexibility index (Phi) is 1.61. The number of hydrogen-bond donors (Lipinski definition) is 1. The molecule has 0 bridgehead atoms. The Bertz CT molecular complexity index is 401. The maximum Gasteiger partial charge on any atom is 0.0642 e. The molecule has 1 N–H and O–H groups in total. The molecule has 0 aliphatic carbocycles. The first-order chi connectivity index (χ1) is 5.79. The highest BCUT2D eigenvalue weighted by molar-refractivity contribution is 5.79. The van der Waals surface area contributed by atoms with Gasteiger partial charge in [0.15, 0.2) is 0 Å². The van der Waals surface area contributed by atoms with Gasteiger partial charge in [-0.3, -0.25) is 4.98 Å². The quantitative estimate of drug-likeness (QED) is 0.682. The van der Waals surface area contributed by atoms with Gasteiger partial charge >= 0.3 is 0 Å². The molecule has 12 heavy (non-hydrogen) atoms. The van der Waals surface area contributed by atoms with E-state index in [1.807, 2.05) is 13.1 Å². The Balaban J connectivity index is 2.67. The number of aryl methyl sites for hydroxylation is 2. The van der Waals surface area contributed by atoms with Crippen LogP contribution in [0.3, 0.4) is 0 Å². The molecular formula is C10H12N2. The molecule has 0 fully saturated rings. The summed E-state index contributed by atoms with van der Waals surface area (Å²) in [4.78, 5) is 7.53. The van der Waals surface area contributed by atoms with Crippen LogP contribution >= 0.6 is 0 Å². The van der Waals surface area contributed by atoms with E-state index in [1.165, 1.54) is 11.1 Å². The molecule has 0 atom stereocenters. The van der Waals surface area contributed by atoms with Crippen molar-refractivity contribution >= 4 is 10.9 Å². The van der Waals surface area contributed by atoms with Crippen LogP contribution in [0.15, 0.2) is 18.3 Å². The Labute approximate surface area is 71.6 Å². The van der Waals surface area contributed by atoms with Crippen LogP contribution < -0.4 is 0 Å². The van der Waals surface area contributed by atoms with Crippen molar-refractivity contribution in [1.29, 1.82) is 0 Å². The molecule has 2 nitrogen and oxygen atoms in total. The third-order valence-electron chi connectivity index (χ3n) is 2.08. The maximum atomic E-state index is 4.22. The van der Waals surface area contributed by atoms with Gasteiger partial charge in [-0.25, -0.2) is 0 Å². The smallest absolute Gasteiger partial charge is 0.0642 e. The van der Waals surface area contributed by atoms with E-state index < -0.39 is 0 Å². The molecule has 2 heterocycles. The van der Waals surface area contributed by atoms with Gasteiger partial charge < -0.3 is 4.98 Å². The fraction of sp³-hybridized carbons (Fsp3) is 0.300. The van der Waals surface area contributed by atoms with Crippen LogP contribution in [-0.2, 0) is 6.42 Å². The fourth-order valence-corrected chi connectivity index (χ4v) is 1.39. The molecule has 62 valence electrons. The summed E-state index contributed by atoms with van der Waals surface area (Å²) in [7, 11) is 0. The maximum absolute atomic E-state index is 4.22. The molecule has 0 aliphatic heterocycles. The summed E-state index contributed by atoms with van der Waals surface area (Å²) in [6.07, 6.45) is 2.94. The molecule has 0 radical (unpaired) electrons. The first-order valence-electron chi connectivity index (χ1n) is 4.24. The highest BCUT2D eigenvalue weighted by atomic mass is 14.8. The summed E-state index contributed by atoms with van der Waals surface area (Å²) in [5, 5.41) is 1.26. The van der Waals surface area contributed by atoms with E-state index in [-0.39, 0.29) is 0 Å². The van der Waals surface area contributed by atoms with Crippen LogP contribution in [-0.4, -0.2) is 9.97 Å². The van der Waals surface area contributed by atoms with Gasteiger partial charge in [-0.15, -0.1) is 0 Å². The predicted molar refractivity (Wildman–Crippen MR) is 50.2 cm³/mol. The largest absolute Gasteiger partial charge is 0.357 e. The topological polar surface area (TPSA) is 28.7 Å². The van der Waals surface area contributed by atoms with Gasteiger partial charge in [0.2, 0.25) is 0 Å². The minimum atomic E-state index is 1.05. The molecule has 0 saturated carbocycles. The van der Waals surface area contributed by atoms with Gasteiger partial charge in [0.05, 0.1) is 11.7 Å². The highest BCUT2D eigenvalue weighted by Crippen LogP contribution is 2.15. The fourth-order valence-electron chi connectivity index (χ4n) is 1.39. The van der Waals surface area contributed by atoms with Gasteiger partial charge in [-0.1, -0.05) is 6.92 Å². The molecular weight excluding hydrogens is 148 g/mol. The molecule has 2 aromatic rings. The van der Waals surface area contributed by atoms with Gasteiger partial charge in [0.25, 0.3) is 0 Å². The standard InChI is InChI=1S/C10H12N2/c1-3-9-5-8-4-7(2)11-6-10(8)12-9/h4-6,12H,3H2,1-2H3. The second kappa shape index (κ2) is 2.63. The zero-order valence-electron chi connectivity index (χ0n) is 7.39. The monoisotopic (exact) mass is 160 g/mol. The van der Waals surface area contributed by atoms with Crippen molar-refractivity contribution in [3.05, 3.63) is 29.7 Å². The summed E-state index contributed by atoms with van der Waals surface area (Å²) < 4.78 is 0. The summed E-state index contributed by atoms with van der Waals surface area (Å²) in [6.45, 7) is 4.16. The molecule has 0 saturated heterocycles. The summed E-state index contributed by atoms with van der Waals surface area (Å²) >= 11 is 0. The van der Waals surface area contributed by atoms with E-state index in [1.54, 1.807) is 0 Å². The number of pyridine rings is 1. The van der Waals surface area contributed by atoms with Crippen LogP contribution in [0.4, 0.5) is 0 Å². The lowest BCUT2D eigenvalue weighted by atomic mass is 10.2. The Morgan fingerprint density at radius 1 is 1.42 bits per heavy atom. The van der Waals surface area contributed by atoms with Crippen LogP contribution in [0.5, 0.6) is 0 Å². The van der Waals surface area contributed by atoms with Crippen LogP contribution in [0.2, 0.25) is 0 Å². The minimum absolute atomic E-state index is 1.05. The molecule has 2 heteroatoms. The highest BCUT2D eigenvalue weighted by Gasteiger charge is 1.98. The molecule has 0 spiro atoms. The number of H-pyrrole nitrogens is 1. The van der Waals surface area contributed by atoms with E-state index >= 15 is 0 Å². The number of hydrogen-bond acceptors (Lipinski definition) is 1. The van der Waals surface area contributed by atoms with Gasteiger partial charge in [0.1, 0.15) is 0 Å². The van der Waals surface area contributed by atoms with Crippen molar-refractivity contribution in [1.82, 2.24) is 9.97 Å². The SMILES string of the molecule is CCc1cc2cc(C)ncc2[nH]1. The van der Waals surface area contributed by atoms with E-state index in [0.717, 1.165) is 17.6 Å². The average molecular weight is 160 g/mol. The lowest BCUT2D eigenvalue weighted by Gasteiger charge is -1.89. The molecule has 0 aliphatic rings. The van der Waals surface area contributed by atoms with Crippen LogP contribution in [0.1, 0.15) is 18.3 Å². The van der Waals surface area contributed by atoms with Crippen LogP contribution in [0, 0.1) is 6.92 Å². The van der Waals surface area contributed by atoms with Gasteiger partial charge in [-0.05, 0) is 25.5 Å². The molecule has 0 unspecified atom stereocenters. The number of aromatic amines is 1. The summed E-state index contributed by atoms with van der Waals surface area (Å²) in [5.41, 5.74) is 3.49. The normalized spacial score (nSPS) is 10.8. The van der Waals surface area contributed by atoms with E-state index in [2.05, 4.69) is 29.0 Å². The van der Waals surface area contributed by atoms with Crippen molar-refractivity contribution in [3.63, 3.8) is 0 Å². The third-order valence-corrected chi connectivity index (χ3v) is 2.08. The number of nitrogens with zero attached hydrogens (tertiary/aromatic N) is 1. The number of rotatable bonds is 1. The Morgan fingerprint density at radius 2 is 2.25 bits per heavy atom. The zero-order chi connectivity index (χ0) is 8.55. The molecule has 2 rings (SSSR count). The van der Waals surface area contributed by atoms with E-state index in [4.69, 9.17) is 0 Å². The van der Waals surface area contributed by atoms with Crippen molar-refractivity contribution < 1.29 is 0 Å². The summed E-state index contributed by atoms with van der Waals surface area (Å²) in [5.74, 6) is 0. The lowest BCUT2D eigenvalue weighted by Crippen LogP contribution is -1.78. The first kappa shape index (κ1) is 7.35. The first-order valence-corrected chi connectivity index (χ1v) is 4.24. The minimum Gasteiger partial charge on any atom is -0.357 e. The number of aromatic nitrogens is 2. The van der Waals surface area contributed by atoms with Crippen molar-refractivity contribution in [2.24, 2.45) is 0 Å². The van der Waals surface area contributed by atoms with Crippen molar-refractivity contribution in [2.75, 3.05) is 0 Å². The molecule has 2 aromatic heterocycles. The predicted octanol–water partition coefficient (Wildman–Crippen LogP) is 2.43. The van der Waals surface area contributed by atoms with Gasteiger partial charge in [-0.2, -0.15) is 0 Å². The van der Waals surface area contributed by atoms with E-state index in [0.29, 0.717) is 0 Å². The van der Waals surface area contributed by atoms with Crippen molar-refractivity contribution in [2.45, 2.75) is 20.3 Å². The van der Waals surface area contributed by atoms with E-state index in [9.17, 15) is 0 Å². The summed E-state index contributed by atoms with van der Waals surface area (Å²) in [6, 6.07) is 4.29. The number of fused-ring (bicyclic) bond motifs is 1. The number of nitrogens with one attached hydrogen (secondary N) is 1. The second-order valence-electron chi connectivity index (χ2n) is 3.06. The molecule has 0 aromatic carbocycles. The van der Waals surface area contributed by atoms with Gasteiger partial charge in [0, 0.05) is 16.8 Å². The average Bonchev–Trinajstić information content (AvgIpc) is 2.46. The zero-order valence-corrected chi connectivity index (χ0v) is 7.39.